The van der Waals surface area contributed by atoms with Crippen LogP contribution in [0.4, 0.5) is 5.69 Å². The van der Waals surface area contributed by atoms with Crippen molar-refractivity contribution in [1.82, 2.24) is 0 Å². The van der Waals surface area contributed by atoms with Gasteiger partial charge in [0.1, 0.15) is 6.10 Å². The Bertz CT molecular complexity index is 566. The average Bonchev–Trinajstić information content (AvgIpc) is 2.32. The highest BCUT2D eigenvalue weighted by Crippen LogP contribution is 2.36. The first kappa shape index (κ1) is 13.5. The van der Waals surface area contributed by atoms with Crippen molar-refractivity contribution in [2.45, 2.75) is 6.10 Å². The van der Waals surface area contributed by atoms with Gasteiger partial charge < -0.3 is 10.8 Å². The van der Waals surface area contributed by atoms with Gasteiger partial charge in [-0.25, -0.2) is 0 Å². The van der Waals surface area contributed by atoms with Crippen LogP contribution in [0, 0.1) is 0 Å². The first-order valence-corrected chi connectivity index (χ1v) is 6.31. The monoisotopic (exact) mass is 301 g/mol. The molecule has 94 valence electrons. The van der Waals surface area contributed by atoms with Gasteiger partial charge in [0.15, 0.2) is 0 Å². The second-order valence-corrected chi connectivity index (χ2v) is 5.06. The van der Waals surface area contributed by atoms with E-state index in [0.717, 1.165) is 0 Å². The van der Waals surface area contributed by atoms with Crippen LogP contribution < -0.4 is 5.73 Å². The predicted octanol–water partition coefficient (Wildman–Crippen LogP) is 4.31. The minimum absolute atomic E-state index is 0.384. The van der Waals surface area contributed by atoms with E-state index in [1.807, 2.05) is 0 Å². The summed E-state index contributed by atoms with van der Waals surface area (Å²) in [6.45, 7) is 0. The Morgan fingerprint density at radius 2 is 1.61 bits per heavy atom. The van der Waals surface area contributed by atoms with Gasteiger partial charge in [-0.3, -0.25) is 0 Å². The number of benzene rings is 2. The standard InChI is InChI=1S/C13H10Cl3NO/c14-7-4-5-11(17)8(6-7)13(18)12-9(15)2-1-3-10(12)16/h1-6,13,18H,17H2/t13-/m0/s1. The van der Waals surface area contributed by atoms with E-state index >= 15 is 0 Å². The summed E-state index contributed by atoms with van der Waals surface area (Å²) in [5.41, 5.74) is 7.17. The van der Waals surface area contributed by atoms with E-state index in [4.69, 9.17) is 40.5 Å². The molecule has 0 heterocycles. The van der Waals surface area contributed by atoms with Crippen LogP contribution in [0.5, 0.6) is 0 Å². The molecule has 0 amide bonds. The second-order valence-electron chi connectivity index (χ2n) is 3.81. The van der Waals surface area contributed by atoms with Crippen molar-refractivity contribution in [2.75, 3.05) is 5.73 Å². The summed E-state index contributed by atoms with van der Waals surface area (Å²) in [7, 11) is 0. The topological polar surface area (TPSA) is 46.2 Å². The van der Waals surface area contributed by atoms with Gasteiger partial charge in [-0.05, 0) is 30.3 Å². The average molecular weight is 303 g/mol. The third-order valence-corrected chi connectivity index (χ3v) is 3.51. The molecule has 0 radical (unpaired) electrons. The number of hydrogen-bond acceptors (Lipinski definition) is 2. The number of hydrogen-bond donors (Lipinski definition) is 2. The molecule has 0 unspecified atom stereocenters. The fourth-order valence-electron chi connectivity index (χ4n) is 1.71. The Morgan fingerprint density at radius 1 is 1.00 bits per heavy atom. The molecule has 1 atom stereocenters. The molecule has 2 nitrogen and oxygen atoms in total. The van der Waals surface area contributed by atoms with Crippen molar-refractivity contribution >= 4 is 40.5 Å². The smallest absolute Gasteiger partial charge is 0.109 e. The highest BCUT2D eigenvalue weighted by Gasteiger charge is 2.19. The van der Waals surface area contributed by atoms with Gasteiger partial charge >= 0.3 is 0 Å². The third kappa shape index (κ3) is 2.57. The van der Waals surface area contributed by atoms with E-state index in [9.17, 15) is 5.11 Å². The van der Waals surface area contributed by atoms with Crippen LogP contribution in [0.25, 0.3) is 0 Å². The van der Waals surface area contributed by atoms with Crippen LogP contribution >= 0.6 is 34.8 Å². The predicted molar refractivity (Wildman–Crippen MR) is 76.4 cm³/mol. The molecule has 2 aromatic rings. The number of anilines is 1. The first-order valence-electron chi connectivity index (χ1n) is 5.17. The molecule has 0 bridgehead atoms. The molecular formula is C13H10Cl3NO. The van der Waals surface area contributed by atoms with Gasteiger partial charge in [-0.2, -0.15) is 0 Å². The van der Waals surface area contributed by atoms with E-state index in [1.54, 1.807) is 36.4 Å². The van der Waals surface area contributed by atoms with Crippen LogP contribution in [0.3, 0.4) is 0 Å². The highest BCUT2D eigenvalue weighted by molar-refractivity contribution is 6.36. The zero-order valence-corrected chi connectivity index (χ0v) is 11.5. The van der Waals surface area contributed by atoms with Crippen LogP contribution in [-0.4, -0.2) is 5.11 Å². The number of nitrogen functional groups attached to an aromatic ring is 1. The van der Waals surface area contributed by atoms with E-state index in [0.29, 0.717) is 31.9 Å². The summed E-state index contributed by atoms with van der Waals surface area (Å²) in [5.74, 6) is 0. The Morgan fingerprint density at radius 3 is 2.22 bits per heavy atom. The number of rotatable bonds is 2. The zero-order chi connectivity index (χ0) is 13.3. The van der Waals surface area contributed by atoms with Crippen molar-refractivity contribution in [3.05, 3.63) is 62.6 Å². The lowest BCUT2D eigenvalue weighted by molar-refractivity contribution is 0.221. The van der Waals surface area contributed by atoms with Crippen LogP contribution in [0.2, 0.25) is 15.1 Å². The van der Waals surface area contributed by atoms with Crippen molar-refractivity contribution in [2.24, 2.45) is 0 Å². The minimum Gasteiger partial charge on any atom is -0.398 e. The molecule has 18 heavy (non-hydrogen) atoms. The Kier molecular flexibility index (Phi) is 4.03. The molecule has 2 aromatic carbocycles. The maximum Gasteiger partial charge on any atom is 0.109 e. The first-order chi connectivity index (χ1) is 8.50. The van der Waals surface area contributed by atoms with Crippen LogP contribution in [0.1, 0.15) is 17.2 Å². The largest absolute Gasteiger partial charge is 0.398 e. The number of aliphatic hydroxyl groups excluding tert-OH is 1. The molecule has 3 N–H and O–H groups in total. The maximum absolute atomic E-state index is 10.4. The molecule has 0 aliphatic rings. The van der Waals surface area contributed by atoms with Crippen molar-refractivity contribution < 1.29 is 5.11 Å². The Hall–Kier alpha value is -0.930. The summed E-state index contributed by atoms with van der Waals surface area (Å²) in [5, 5.41) is 11.6. The number of halogens is 3. The molecule has 2 rings (SSSR count). The zero-order valence-electron chi connectivity index (χ0n) is 9.20. The van der Waals surface area contributed by atoms with Gasteiger partial charge in [-0.15, -0.1) is 0 Å². The lowest BCUT2D eigenvalue weighted by Crippen LogP contribution is -2.05. The number of aliphatic hydroxyl groups is 1. The summed E-state index contributed by atoms with van der Waals surface area (Å²) in [6.07, 6.45) is -1.01. The summed E-state index contributed by atoms with van der Waals surface area (Å²) in [4.78, 5) is 0. The van der Waals surface area contributed by atoms with Crippen molar-refractivity contribution in [3.8, 4) is 0 Å². The molecule has 0 aliphatic carbocycles. The maximum atomic E-state index is 10.4. The van der Waals surface area contributed by atoms with Crippen molar-refractivity contribution in [1.29, 1.82) is 0 Å². The summed E-state index contributed by atoms with van der Waals surface area (Å²) >= 11 is 18.0. The van der Waals surface area contributed by atoms with Gasteiger partial charge in [0.25, 0.3) is 0 Å². The van der Waals surface area contributed by atoms with Crippen LogP contribution in [-0.2, 0) is 0 Å². The van der Waals surface area contributed by atoms with Crippen LogP contribution in [0.15, 0.2) is 36.4 Å². The van der Waals surface area contributed by atoms with Gasteiger partial charge in [0.2, 0.25) is 0 Å². The molecule has 0 spiro atoms. The second kappa shape index (κ2) is 5.37. The lowest BCUT2D eigenvalue weighted by Gasteiger charge is -2.16. The van der Waals surface area contributed by atoms with E-state index in [-0.39, 0.29) is 0 Å². The summed E-state index contributed by atoms with van der Waals surface area (Å²) in [6, 6.07) is 9.91. The molecular weight excluding hydrogens is 293 g/mol. The lowest BCUT2D eigenvalue weighted by atomic mass is 10.00. The molecule has 0 aliphatic heterocycles. The van der Waals surface area contributed by atoms with E-state index in [2.05, 4.69) is 0 Å². The van der Waals surface area contributed by atoms with Gasteiger partial charge in [0, 0.05) is 31.9 Å². The molecule has 5 heteroatoms. The number of nitrogens with two attached hydrogens (primary N) is 1. The van der Waals surface area contributed by atoms with Crippen molar-refractivity contribution in [3.63, 3.8) is 0 Å². The fourth-order valence-corrected chi connectivity index (χ4v) is 2.49. The quantitative estimate of drug-likeness (QED) is 0.812. The van der Waals surface area contributed by atoms with Gasteiger partial charge in [-0.1, -0.05) is 40.9 Å². The molecule has 0 fully saturated rings. The molecule has 0 aromatic heterocycles. The van der Waals surface area contributed by atoms with Gasteiger partial charge in [0.05, 0.1) is 0 Å². The van der Waals surface area contributed by atoms with E-state index < -0.39 is 6.10 Å². The Balaban J connectivity index is 2.54. The molecule has 0 saturated carbocycles. The Labute approximate surface area is 120 Å². The third-order valence-electron chi connectivity index (χ3n) is 2.62. The minimum atomic E-state index is -1.01. The molecule has 0 saturated heterocycles. The van der Waals surface area contributed by atoms with E-state index in [1.165, 1.54) is 0 Å². The fraction of sp³-hybridized carbons (Fsp3) is 0.0769. The highest BCUT2D eigenvalue weighted by atomic mass is 35.5. The SMILES string of the molecule is Nc1ccc(Cl)cc1[C@H](O)c1c(Cl)cccc1Cl. The normalized spacial score (nSPS) is 12.4. The summed E-state index contributed by atoms with van der Waals surface area (Å²) < 4.78 is 0.